The van der Waals surface area contributed by atoms with E-state index in [9.17, 15) is 0 Å². The van der Waals surface area contributed by atoms with E-state index in [0.29, 0.717) is 0 Å². The molecule has 55 heavy (non-hydrogen) atoms. The number of hydrogen-bond acceptors (Lipinski definition) is 1. The highest BCUT2D eigenvalue weighted by atomic mass is 15.0. The van der Waals surface area contributed by atoms with Crippen LogP contribution in [0.4, 0.5) is 0 Å². The lowest BCUT2D eigenvalue weighted by Gasteiger charge is -2.17. The van der Waals surface area contributed by atoms with Crippen LogP contribution in [-0.2, 0) is 0 Å². The third-order valence-corrected chi connectivity index (χ3v) is 11.2. The van der Waals surface area contributed by atoms with Crippen LogP contribution in [0.2, 0.25) is 0 Å². The van der Waals surface area contributed by atoms with Gasteiger partial charge in [0.05, 0.1) is 22.4 Å². The monoisotopic (exact) mass is 698 g/mol. The van der Waals surface area contributed by atoms with Gasteiger partial charge in [0.25, 0.3) is 0 Å². The zero-order valence-electron chi connectivity index (χ0n) is 30.0. The van der Waals surface area contributed by atoms with Crippen LogP contribution >= 0.6 is 0 Å². The third-order valence-electron chi connectivity index (χ3n) is 11.2. The zero-order valence-corrected chi connectivity index (χ0v) is 30.0. The maximum Gasteiger partial charge on any atom is 0.0715 e. The van der Waals surface area contributed by atoms with Crippen molar-refractivity contribution >= 4 is 54.1 Å². The summed E-state index contributed by atoms with van der Waals surface area (Å²) in [6.07, 6.45) is 0. The molecule has 0 fully saturated rings. The van der Waals surface area contributed by atoms with Crippen LogP contribution in [0.25, 0.3) is 105 Å². The lowest BCUT2D eigenvalue weighted by molar-refractivity contribution is 1.18. The summed E-state index contributed by atoms with van der Waals surface area (Å²) in [6, 6.07) is 74.6. The molecular formula is C53H34N2. The Bertz CT molecular complexity index is 3180. The first-order valence-corrected chi connectivity index (χ1v) is 18.9. The molecule has 0 bridgehead atoms. The molecule has 0 aliphatic rings. The van der Waals surface area contributed by atoms with E-state index >= 15 is 0 Å². The van der Waals surface area contributed by atoms with Gasteiger partial charge in [-0.3, -0.25) is 0 Å². The van der Waals surface area contributed by atoms with Crippen molar-refractivity contribution in [3.05, 3.63) is 206 Å². The average Bonchev–Trinajstić information content (AvgIpc) is 3.60. The van der Waals surface area contributed by atoms with E-state index in [-0.39, 0.29) is 0 Å². The highest BCUT2D eigenvalue weighted by Crippen LogP contribution is 2.43. The van der Waals surface area contributed by atoms with E-state index in [1.165, 1.54) is 70.8 Å². The fourth-order valence-corrected chi connectivity index (χ4v) is 8.63. The number of fused-ring (bicyclic) bond motifs is 9. The molecule has 11 rings (SSSR count). The first-order valence-electron chi connectivity index (χ1n) is 18.9. The quantitative estimate of drug-likeness (QED) is 0.164. The van der Waals surface area contributed by atoms with Crippen LogP contribution in [0.3, 0.4) is 0 Å². The van der Waals surface area contributed by atoms with Gasteiger partial charge in [0.15, 0.2) is 0 Å². The number of nitrogens with zero attached hydrogens (tertiary/aromatic N) is 2. The molecule has 0 unspecified atom stereocenters. The summed E-state index contributed by atoms with van der Waals surface area (Å²) >= 11 is 0. The molecule has 0 saturated carbocycles. The summed E-state index contributed by atoms with van der Waals surface area (Å²) < 4.78 is 2.40. The van der Waals surface area contributed by atoms with Crippen LogP contribution < -0.4 is 0 Å². The minimum Gasteiger partial charge on any atom is -0.309 e. The van der Waals surface area contributed by atoms with E-state index in [0.717, 1.165) is 33.8 Å². The van der Waals surface area contributed by atoms with Crippen LogP contribution in [0.5, 0.6) is 0 Å². The van der Waals surface area contributed by atoms with Crippen LogP contribution in [-0.4, -0.2) is 9.55 Å². The molecule has 11 aromatic rings. The molecule has 2 nitrogen and oxygen atoms in total. The predicted molar refractivity (Wildman–Crippen MR) is 233 cm³/mol. The lowest BCUT2D eigenvalue weighted by atomic mass is 9.87. The molecule has 0 spiro atoms. The van der Waals surface area contributed by atoms with Gasteiger partial charge in [0.1, 0.15) is 0 Å². The van der Waals surface area contributed by atoms with E-state index in [1.54, 1.807) is 0 Å². The highest BCUT2D eigenvalue weighted by molar-refractivity contribution is 6.29. The van der Waals surface area contributed by atoms with Gasteiger partial charge in [-0.25, -0.2) is 4.98 Å². The first kappa shape index (κ1) is 31.3. The lowest BCUT2D eigenvalue weighted by Crippen LogP contribution is -1.93. The third kappa shape index (κ3) is 5.15. The van der Waals surface area contributed by atoms with Crippen molar-refractivity contribution in [1.29, 1.82) is 0 Å². The molecule has 0 aliphatic heterocycles. The summed E-state index contributed by atoms with van der Waals surface area (Å²) in [5.74, 6) is 0. The summed E-state index contributed by atoms with van der Waals surface area (Å²) in [6.45, 7) is 0. The Hall–Kier alpha value is -7.29. The second-order valence-electron chi connectivity index (χ2n) is 14.3. The Morgan fingerprint density at radius 3 is 1.49 bits per heavy atom. The SMILES string of the molecule is c1ccc(-c2cc(-c3cccc4c5ccccc5c5cc(-c6ccc7c8ccccc8n(-c8ccccc8)c7c6)ccc5c34)cc(-c3ccccc3)n2)cc1. The van der Waals surface area contributed by atoms with Gasteiger partial charge in [-0.15, -0.1) is 0 Å². The standard InChI is InChI=1S/C53H34N2/c1-4-15-35(16-5-1)49-32-39(33-50(54-49)36-17-6-2-7-18-36)41-24-14-25-46-42-21-10-11-22-43(42)48-31-37(28-30-47(48)53(41)46)38-27-29-45-44-23-12-13-26-51(44)55(52(45)34-38)40-19-8-3-9-20-40/h1-34H. The summed E-state index contributed by atoms with van der Waals surface area (Å²) in [7, 11) is 0. The number of rotatable bonds is 5. The normalized spacial score (nSPS) is 11.6. The van der Waals surface area contributed by atoms with Crippen molar-refractivity contribution in [1.82, 2.24) is 9.55 Å². The Balaban J connectivity index is 1.16. The highest BCUT2D eigenvalue weighted by Gasteiger charge is 2.17. The zero-order chi connectivity index (χ0) is 36.3. The molecule has 0 radical (unpaired) electrons. The Kier molecular flexibility index (Phi) is 7.21. The fourth-order valence-electron chi connectivity index (χ4n) is 8.63. The Morgan fingerprint density at radius 1 is 0.291 bits per heavy atom. The van der Waals surface area contributed by atoms with Crippen molar-refractivity contribution in [2.24, 2.45) is 0 Å². The van der Waals surface area contributed by atoms with Gasteiger partial charge in [-0.1, -0.05) is 164 Å². The van der Waals surface area contributed by atoms with Crippen molar-refractivity contribution in [2.45, 2.75) is 0 Å². The maximum absolute atomic E-state index is 5.20. The first-order chi connectivity index (χ1) is 27.3. The molecular weight excluding hydrogens is 665 g/mol. The summed E-state index contributed by atoms with van der Waals surface area (Å²) in [5, 5.41) is 10.0. The predicted octanol–water partition coefficient (Wildman–Crippen LogP) is 14.3. The van der Waals surface area contributed by atoms with Crippen LogP contribution in [0.15, 0.2) is 206 Å². The number of hydrogen-bond donors (Lipinski definition) is 0. The van der Waals surface area contributed by atoms with E-state index in [4.69, 9.17) is 4.98 Å². The Labute approximate surface area is 319 Å². The van der Waals surface area contributed by atoms with Gasteiger partial charge in [-0.2, -0.15) is 0 Å². The summed E-state index contributed by atoms with van der Waals surface area (Å²) in [4.78, 5) is 5.20. The molecule has 2 aromatic heterocycles. The average molecular weight is 699 g/mol. The van der Waals surface area contributed by atoms with Crippen molar-refractivity contribution in [2.75, 3.05) is 0 Å². The molecule has 2 heterocycles. The molecule has 0 N–H and O–H groups in total. The number of pyridine rings is 1. The fraction of sp³-hybridized carbons (Fsp3) is 0. The smallest absolute Gasteiger partial charge is 0.0715 e. The van der Waals surface area contributed by atoms with Crippen molar-refractivity contribution in [3.8, 4) is 50.5 Å². The van der Waals surface area contributed by atoms with Gasteiger partial charge in [0, 0.05) is 27.6 Å². The van der Waals surface area contributed by atoms with Crippen molar-refractivity contribution in [3.63, 3.8) is 0 Å². The molecule has 2 heteroatoms. The largest absolute Gasteiger partial charge is 0.309 e. The number of aromatic nitrogens is 2. The van der Waals surface area contributed by atoms with Gasteiger partial charge >= 0.3 is 0 Å². The molecule has 9 aromatic carbocycles. The molecule has 256 valence electrons. The van der Waals surface area contributed by atoms with Crippen LogP contribution in [0, 0.1) is 0 Å². The number of benzene rings is 9. The minimum absolute atomic E-state index is 0.963. The maximum atomic E-state index is 5.20. The van der Waals surface area contributed by atoms with Gasteiger partial charge in [0.2, 0.25) is 0 Å². The molecule has 0 atom stereocenters. The number of para-hydroxylation sites is 2. The summed E-state index contributed by atoms with van der Waals surface area (Å²) in [5.41, 5.74) is 12.5. The molecule has 0 amide bonds. The minimum atomic E-state index is 0.963. The van der Waals surface area contributed by atoms with Gasteiger partial charge in [-0.05, 0) is 97.0 Å². The second-order valence-corrected chi connectivity index (χ2v) is 14.3. The van der Waals surface area contributed by atoms with E-state index in [1.807, 2.05) is 0 Å². The topological polar surface area (TPSA) is 17.8 Å². The van der Waals surface area contributed by atoms with E-state index in [2.05, 4.69) is 211 Å². The van der Waals surface area contributed by atoms with Crippen molar-refractivity contribution < 1.29 is 0 Å². The second kappa shape index (κ2) is 12.7. The van der Waals surface area contributed by atoms with Gasteiger partial charge < -0.3 is 4.57 Å². The van der Waals surface area contributed by atoms with E-state index < -0.39 is 0 Å². The molecule has 0 saturated heterocycles. The molecule has 0 aliphatic carbocycles. The van der Waals surface area contributed by atoms with Crippen LogP contribution in [0.1, 0.15) is 0 Å². The Morgan fingerprint density at radius 2 is 0.800 bits per heavy atom.